The standard InChI is InChI=1S/C15H14BrN5/c1-11-7-8-13(16)9-12(11)10-17-15-18-19-20-21(15)14-5-3-2-4-6-14/h2-9H,10H2,1H3,(H,17,18,20). The van der Waals surface area contributed by atoms with Crippen LogP contribution < -0.4 is 5.32 Å². The molecule has 0 aliphatic carbocycles. The number of para-hydroxylation sites is 1. The minimum atomic E-state index is 0.626. The Bertz CT molecular complexity index is 739. The molecule has 3 rings (SSSR count). The van der Waals surface area contributed by atoms with Gasteiger partial charge >= 0.3 is 0 Å². The van der Waals surface area contributed by atoms with Crippen molar-refractivity contribution in [2.75, 3.05) is 5.32 Å². The van der Waals surface area contributed by atoms with E-state index in [0.717, 1.165) is 10.2 Å². The van der Waals surface area contributed by atoms with E-state index < -0.39 is 0 Å². The van der Waals surface area contributed by atoms with Gasteiger partial charge in [0.1, 0.15) is 0 Å². The van der Waals surface area contributed by atoms with Crippen LogP contribution in [0.3, 0.4) is 0 Å². The SMILES string of the molecule is Cc1ccc(Br)cc1CNc1nnnn1-c1ccccc1. The van der Waals surface area contributed by atoms with Gasteiger partial charge < -0.3 is 5.32 Å². The molecule has 1 N–H and O–H groups in total. The zero-order chi connectivity index (χ0) is 14.7. The molecule has 0 bridgehead atoms. The molecule has 0 aliphatic heterocycles. The Balaban J connectivity index is 1.81. The number of nitrogens with one attached hydrogen (secondary N) is 1. The molecule has 0 saturated heterocycles. The van der Waals surface area contributed by atoms with Gasteiger partial charge in [-0.3, -0.25) is 0 Å². The first kappa shape index (κ1) is 13.8. The summed E-state index contributed by atoms with van der Waals surface area (Å²) in [5.41, 5.74) is 3.35. The molecular weight excluding hydrogens is 330 g/mol. The number of rotatable bonds is 4. The van der Waals surface area contributed by atoms with Crippen molar-refractivity contribution in [2.45, 2.75) is 13.5 Å². The average Bonchev–Trinajstić information content (AvgIpc) is 2.97. The lowest BCUT2D eigenvalue weighted by atomic mass is 10.1. The highest BCUT2D eigenvalue weighted by Crippen LogP contribution is 2.18. The van der Waals surface area contributed by atoms with Crippen LogP contribution in [0.5, 0.6) is 0 Å². The second kappa shape index (κ2) is 6.05. The zero-order valence-electron chi connectivity index (χ0n) is 11.5. The molecule has 0 fully saturated rings. The first-order valence-electron chi connectivity index (χ1n) is 6.57. The molecule has 0 aliphatic rings. The summed E-state index contributed by atoms with van der Waals surface area (Å²) >= 11 is 3.49. The zero-order valence-corrected chi connectivity index (χ0v) is 13.1. The number of hydrogen-bond acceptors (Lipinski definition) is 4. The summed E-state index contributed by atoms with van der Waals surface area (Å²) < 4.78 is 2.75. The Morgan fingerprint density at radius 3 is 2.76 bits per heavy atom. The normalized spacial score (nSPS) is 10.6. The van der Waals surface area contributed by atoms with Gasteiger partial charge in [0.2, 0.25) is 5.95 Å². The van der Waals surface area contributed by atoms with Crippen molar-refractivity contribution < 1.29 is 0 Å². The number of tetrazole rings is 1. The average molecular weight is 344 g/mol. The summed E-state index contributed by atoms with van der Waals surface area (Å²) in [4.78, 5) is 0. The number of halogens is 1. The molecule has 1 aromatic heterocycles. The van der Waals surface area contributed by atoms with Crippen molar-refractivity contribution >= 4 is 21.9 Å². The number of nitrogens with zero attached hydrogens (tertiary/aromatic N) is 4. The van der Waals surface area contributed by atoms with Gasteiger partial charge in [-0.1, -0.05) is 45.3 Å². The fourth-order valence-corrected chi connectivity index (χ4v) is 2.45. The maximum absolute atomic E-state index is 4.04. The predicted molar refractivity (Wildman–Crippen MR) is 85.4 cm³/mol. The minimum absolute atomic E-state index is 0.626. The van der Waals surface area contributed by atoms with E-state index >= 15 is 0 Å². The van der Waals surface area contributed by atoms with Gasteiger partial charge in [-0.2, -0.15) is 4.68 Å². The van der Waals surface area contributed by atoms with Gasteiger partial charge in [-0.15, -0.1) is 0 Å². The Hall–Kier alpha value is -2.21. The summed E-state index contributed by atoms with van der Waals surface area (Å²) in [6.45, 7) is 2.75. The fourth-order valence-electron chi connectivity index (χ4n) is 2.05. The van der Waals surface area contributed by atoms with Crippen molar-refractivity contribution in [3.63, 3.8) is 0 Å². The van der Waals surface area contributed by atoms with Crippen LogP contribution in [-0.4, -0.2) is 20.2 Å². The van der Waals surface area contributed by atoms with E-state index in [1.54, 1.807) is 4.68 Å². The molecule has 0 amide bonds. The van der Waals surface area contributed by atoms with E-state index in [1.165, 1.54) is 11.1 Å². The van der Waals surface area contributed by atoms with E-state index in [4.69, 9.17) is 0 Å². The highest BCUT2D eigenvalue weighted by Gasteiger charge is 2.08. The molecule has 2 aromatic carbocycles. The second-order valence-electron chi connectivity index (χ2n) is 4.67. The van der Waals surface area contributed by atoms with Crippen molar-refractivity contribution in [1.29, 1.82) is 0 Å². The molecule has 106 valence electrons. The number of hydrogen-bond donors (Lipinski definition) is 1. The third-order valence-corrected chi connectivity index (χ3v) is 3.71. The van der Waals surface area contributed by atoms with Gasteiger partial charge in [0.25, 0.3) is 0 Å². The molecular formula is C15H14BrN5. The third kappa shape index (κ3) is 3.11. The van der Waals surface area contributed by atoms with E-state index in [1.807, 2.05) is 36.4 Å². The first-order valence-corrected chi connectivity index (χ1v) is 7.36. The van der Waals surface area contributed by atoms with E-state index in [2.05, 4.69) is 55.8 Å². The van der Waals surface area contributed by atoms with E-state index in [9.17, 15) is 0 Å². The molecule has 0 spiro atoms. The topological polar surface area (TPSA) is 55.6 Å². The molecule has 21 heavy (non-hydrogen) atoms. The number of aryl methyl sites for hydroxylation is 1. The third-order valence-electron chi connectivity index (χ3n) is 3.22. The van der Waals surface area contributed by atoms with Crippen LogP contribution in [0.2, 0.25) is 0 Å². The number of benzene rings is 2. The van der Waals surface area contributed by atoms with Gasteiger partial charge in [-0.05, 0) is 52.7 Å². The molecule has 0 radical (unpaired) electrons. The van der Waals surface area contributed by atoms with Crippen molar-refractivity contribution in [3.05, 3.63) is 64.1 Å². The Kier molecular flexibility index (Phi) is 3.96. The van der Waals surface area contributed by atoms with Crippen LogP contribution >= 0.6 is 15.9 Å². The predicted octanol–water partition coefficient (Wildman–Crippen LogP) is 3.35. The van der Waals surface area contributed by atoms with Gasteiger partial charge in [-0.25, -0.2) is 0 Å². The lowest BCUT2D eigenvalue weighted by molar-refractivity contribution is 0.789. The van der Waals surface area contributed by atoms with Gasteiger partial charge in [0.05, 0.1) is 5.69 Å². The highest BCUT2D eigenvalue weighted by molar-refractivity contribution is 9.10. The fraction of sp³-hybridized carbons (Fsp3) is 0.133. The summed E-state index contributed by atoms with van der Waals surface area (Å²) in [5, 5.41) is 15.1. The van der Waals surface area contributed by atoms with Crippen LogP contribution in [0.25, 0.3) is 5.69 Å². The summed E-state index contributed by atoms with van der Waals surface area (Å²) in [6.07, 6.45) is 0. The van der Waals surface area contributed by atoms with Crippen LogP contribution in [-0.2, 0) is 6.54 Å². The molecule has 0 atom stereocenters. The van der Waals surface area contributed by atoms with Crippen LogP contribution in [0.4, 0.5) is 5.95 Å². The maximum atomic E-state index is 4.04. The maximum Gasteiger partial charge on any atom is 0.248 e. The lowest BCUT2D eigenvalue weighted by Gasteiger charge is -2.09. The van der Waals surface area contributed by atoms with Gasteiger partial charge in [0, 0.05) is 11.0 Å². The quantitative estimate of drug-likeness (QED) is 0.789. The summed E-state index contributed by atoms with van der Waals surface area (Å²) in [6, 6.07) is 16.0. The highest BCUT2D eigenvalue weighted by atomic mass is 79.9. The second-order valence-corrected chi connectivity index (χ2v) is 5.59. The largest absolute Gasteiger partial charge is 0.349 e. The smallest absolute Gasteiger partial charge is 0.248 e. The van der Waals surface area contributed by atoms with Crippen LogP contribution in [0.1, 0.15) is 11.1 Å². The first-order chi connectivity index (χ1) is 10.2. The van der Waals surface area contributed by atoms with E-state index in [-0.39, 0.29) is 0 Å². The Labute approximate surface area is 131 Å². The number of anilines is 1. The summed E-state index contributed by atoms with van der Waals surface area (Å²) in [7, 11) is 0. The Morgan fingerprint density at radius 1 is 1.14 bits per heavy atom. The molecule has 6 heteroatoms. The number of aromatic nitrogens is 4. The van der Waals surface area contributed by atoms with Crippen molar-refractivity contribution in [3.8, 4) is 5.69 Å². The van der Waals surface area contributed by atoms with Gasteiger partial charge in [0.15, 0.2) is 0 Å². The summed E-state index contributed by atoms with van der Waals surface area (Å²) in [5.74, 6) is 0.626. The van der Waals surface area contributed by atoms with Crippen LogP contribution in [0.15, 0.2) is 53.0 Å². The minimum Gasteiger partial charge on any atom is -0.349 e. The molecule has 5 nitrogen and oxygen atoms in total. The monoisotopic (exact) mass is 343 g/mol. The molecule has 0 saturated carbocycles. The van der Waals surface area contributed by atoms with Crippen molar-refractivity contribution in [2.24, 2.45) is 0 Å². The van der Waals surface area contributed by atoms with Crippen molar-refractivity contribution in [1.82, 2.24) is 20.2 Å². The Morgan fingerprint density at radius 2 is 1.95 bits per heavy atom. The lowest BCUT2D eigenvalue weighted by Crippen LogP contribution is -2.08. The molecule has 3 aromatic rings. The molecule has 0 unspecified atom stereocenters. The van der Waals surface area contributed by atoms with E-state index in [0.29, 0.717) is 12.5 Å². The molecule has 1 heterocycles. The van der Waals surface area contributed by atoms with Crippen LogP contribution in [0, 0.1) is 6.92 Å².